The number of sulfonamides is 1. The Kier molecular flexibility index (Phi) is 5.01. The number of anilines is 1. The summed E-state index contributed by atoms with van der Waals surface area (Å²) in [6.45, 7) is 1.68. The third-order valence-electron chi connectivity index (χ3n) is 8.22. The summed E-state index contributed by atoms with van der Waals surface area (Å²) in [5.41, 5.74) is 2.29. The normalized spacial score (nSPS) is 31.5. The Morgan fingerprint density at radius 2 is 1.69 bits per heavy atom. The second-order valence-corrected chi connectivity index (χ2v) is 12.8. The van der Waals surface area contributed by atoms with E-state index < -0.39 is 10.0 Å². The molecule has 1 aliphatic heterocycles. The molecule has 4 saturated carbocycles. The highest BCUT2D eigenvalue weighted by molar-refractivity contribution is 7.89. The average Bonchev–Trinajstić information content (AvgIpc) is 2.77. The summed E-state index contributed by atoms with van der Waals surface area (Å²) in [6.07, 6.45) is 10.6. The summed E-state index contributed by atoms with van der Waals surface area (Å²) in [6, 6.07) is 6.35. The van der Waals surface area contributed by atoms with Gasteiger partial charge in [-0.1, -0.05) is 11.6 Å². The van der Waals surface area contributed by atoms with E-state index in [2.05, 4.69) is 15.3 Å². The van der Waals surface area contributed by atoms with Crippen molar-refractivity contribution in [2.75, 3.05) is 18.4 Å². The molecular weight excluding hydrogens is 444 g/mol. The third kappa shape index (κ3) is 3.62. The number of nitrogens with zero attached hydrogens (tertiary/aromatic N) is 3. The maximum Gasteiger partial charge on any atom is 0.243 e. The zero-order valence-corrected chi connectivity index (χ0v) is 19.7. The first-order valence-corrected chi connectivity index (χ1v) is 13.5. The van der Waals surface area contributed by atoms with Crippen molar-refractivity contribution in [3.63, 3.8) is 0 Å². The maximum atomic E-state index is 13.1. The molecule has 1 aromatic carbocycles. The van der Waals surface area contributed by atoms with E-state index in [0.29, 0.717) is 23.4 Å². The highest BCUT2D eigenvalue weighted by atomic mass is 35.5. The Morgan fingerprint density at radius 1 is 1.03 bits per heavy atom. The van der Waals surface area contributed by atoms with Crippen LogP contribution in [0.1, 0.15) is 49.8 Å². The first-order valence-electron chi connectivity index (χ1n) is 11.7. The standard InChI is InChI=1S/C24H29ClN4O2S/c25-19-1-3-20(4-2-19)32(30,31)29-6-5-21-22(13-29)27-15-28-23(21)26-14-24-10-16-7-17(11-24)9-18(8-16)12-24/h1-4,15-18H,5-14H2,(H,26,27,28). The van der Waals surface area contributed by atoms with Gasteiger partial charge in [-0.25, -0.2) is 18.4 Å². The lowest BCUT2D eigenvalue weighted by atomic mass is 9.49. The van der Waals surface area contributed by atoms with Gasteiger partial charge in [0, 0.05) is 23.7 Å². The number of rotatable bonds is 5. The quantitative estimate of drug-likeness (QED) is 0.693. The third-order valence-corrected chi connectivity index (χ3v) is 10.3. The van der Waals surface area contributed by atoms with Crippen molar-refractivity contribution < 1.29 is 8.42 Å². The molecule has 4 bridgehead atoms. The highest BCUT2D eigenvalue weighted by Crippen LogP contribution is 2.59. The minimum absolute atomic E-state index is 0.263. The first kappa shape index (κ1) is 20.9. The molecule has 1 aromatic heterocycles. The van der Waals surface area contributed by atoms with Crippen LogP contribution in [0.4, 0.5) is 5.82 Å². The fourth-order valence-corrected chi connectivity index (χ4v) is 8.75. The van der Waals surface area contributed by atoms with Crippen LogP contribution >= 0.6 is 11.6 Å². The molecule has 4 fully saturated rings. The summed E-state index contributed by atoms with van der Waals surface area (Å²) in [5, 5.41) is 4.21. The van der Waals surface area contributed by atoms with Crippen LogP contribution in [0.2, 0.25) is 5.02 Å². The smallest absolute Gasteiger partial charge is 0.243 e. The molecular formula is C24H29ClN4O2S. The van der Waals surface area contributed by atoms with Gasteiger partial charge in [0.1, 0.15) is 12.1 Å². The highest BCUT2D eigenvalue weighted by Gasteiger charge is 2.50. The minimum Gasteiger partial charge on any atom is -0.369 e. The van der Waals surface area contributed by atoms with Crippen molar-refractivity contribution in [3.8, 4) is 0 Å². The first-order chi connectivity index (χ1) is 15.4. The molecule has 6 nitrogen and oxygen atoms in total. The van der Waals surface area contributed by atoms with E-state index in [-0.39, 0.29) is 11.4 Å². The molecule has 0 unspecified atom stereocenters. The van der Waals surface area contributed by atoms with Gasteiger partial charge in [0.25, 0.3) is 0 Å². The van der Waals surface area contributed by atoms with Crippen molar-refractivity contribution in [3.05, 3.63) is 46.9 Å². The number of hydrogen-bond acceptors (Lipinski definition) is 5. The molecule has 170 valence electrons. The summed E-state index contributed by atoms with van der Waals surface area (Å²) in [5.74, 6) is 3.67. The summed E-state index contributed by atoms with van der Waals surface area (Å²) in [4.78, 5) is 9.27. The zero-order chi connectivity index (χ0) is 21.9. The molecule has 8 heteroatoms. The number of fused-ring (bicyclic) bond motifs is 1. The van der Waals surface area contributed by atoms with Crippen LogP contribution < -0.4 is 5.32 Å². The number of benzene rings is 1. The molecule has 1 N–H and O–H groups in total. The van der Waals surface area contributed by atoms with E-state index in [1.165, 1.54) is 42.8 Å². The Bertz CT molecular complexity index is 1100. The number of halogens is 1. The monoisotopic (exact) mass is 472 g/mol. The Hall–Kier alpha value is -1.70. The van der Waals surface area contributed by atoms with Crippen molar-refractivity contribution in [2.45, 2.75) is 56.4 Å². The Morgan fingerprint density at radius 3 is 2.34 bits per heavy atom. The topological polar surface area (TPSA) is 75.2 Å². The number of nitrogens with one attached hydrogen (secondary N) is 1. The van der Waals surface area contributed by atoms with Crippen LogP contribution in [-0.4, -0.2) is 35.8 Å². The van der Waals surface area contributed by atoms with Crippen LogP contribution in [0.15, 0.2) is 35.5 Å². The Balaban J connectivity index is 1.19. The van der Waals surface area contributed by atoms with Gasteiger partial charge in [-0.15, -0.1) is 0 Å². The molecule has 0 spiro atoms. The predicted molar refractivity (Wildman–Crippen MR) is 124 cm³/mol. The van der Waals surface area contributed by atoms with E-state index in [0.717, 1.165) is 41.4 Å². The van der Waals surface area contributed by atoms with Crippen molar-refractivity contribution in [1.82, 2.24) is 14.3 Å². The molecule has 7 rings (SSSR count). The zero-order valence-electron chi connectivity index (χ0n) is 18.1. The molecule has 5 aliphatic rings. The summed E-state index contributed by atoms with van der Waals surface area (Å²) < 4.78 is 27.7. The van der Waals surface area contributed by atoms with Crippen molar-refractivity contribution in [2.24, 2.45) is 23.2 Å². The SMILES string of the molecule is O=S(=O)(c1ccc(Cl)cc1)N1CCc2c(ncnc2NCC23CC4CC(CC(C4)C2)C3)C1. The maximum absolute atomic E-state index is 13.1. The van der Waals surface area contributed by atoms with Crippen LogP contribution in [0.3, 0.4) is 0 Å². The van der Waals surface area contributed by atoms with Gasteiger partial charge in [0.05, 0.1) is 17.1 Å². The van der Waals surface area contributed by atoms with E-state index in [9.17, 15) is 8.42 Å². The molecule has 2 aromatic rings. The molecule has 32 heavy (non-hydrogen) atoms. The van der Waals surface area contributed by atoms with Crippen LogP contribution in [0.25, 0.3) is 0 Å². The summed E-state index contributed by atoms with van der Waals surface area (Å²) in [7, 11) is -3.58. The molecule has 2 heterocycles. The summed E-state index contributed by atoms with van der Waals surface area (Å²) >= 11 is 5.93. The van der Waals surface area contributed by atoms with Gasteiger partial charge in [-0.2, -0.15) is 4.31 Å². The fraction of sp³-hybridized carbons (Fsp3) is 0.583. The van der Waals surface area contributed by atoms with Gasteiger partial charge in [0.2, 0.25) is 10.0 Å². The van der Waals surface area contributed by atoms with Crippen molar-refractivity contribution in [1.29, 1.82) is 0 Å². The fourth-order valence-electron chi connectivity index (χ4n) is 7.22. The average molecular weight is 473 g/mol. The minimum atomic E-state index is -3.58. The Labute approximate surface area is 194 Å². The largest absolute Gasteiger partial charge is 0.369 e. The van der Waals surface area contributed by atoms with Crippen LogP contribution in [0, 0.1) is 23.2 Å². The molecule has 0 amide bonds. The predicted octanol–water partition coefficient (Wildman–Crippen LogP) is 4.51. The van der Waals surface area contributed by atoms with E-state index in [4.69, 9.17) is 11.6 Å². The lowest BCUT2D eigenvalue weighted by molar-refractivity contribution is -0.0444. The lowest BCUT2D eigenvalue weighted by Gasteiger charge is -2.57. The van der Waals surface area contributed by atoms with Gasteiger partial charge in [0.15, 0.2) is 0 Å². The van der Waals surface area contributed by atoms with Gasteiger partial charge >= 0.3 is 0 Å². The number of aromatic nitrogens is 2. The van der Waals surface area contributed by atoms with Gasteiger partial charge in [-0.3, -0.25) is 0 Å². The van der Waals surface area contributed by atoms with E-state index in [1.54, 1.807) is 30.6 Å². The van der Waals surface area contributed by atoms with E-state index >= 15 is 0 Å². The second kappa shape index (κ2) is 7.67. The number of hydrogen-bond donors (Lipinski definition) is 1. The van der Waals surface area contributed by atoms with Crippen LogP contribution in [-0.2, 0) is 23.0 Å². The second-order valence-electron chi connectivity index (χ2n) is 10.5. The molecule has 4 aliphatic carbocycles. The molecule has 0 radical (unpaired) electrons. The molecule has 0 atom stereocenters. The van der Waals surface area contributed by atoms with Crippen molar-refractivity contribution >= 4 is 27.4 Å². The van der Waals surface area contributed by atoms with E-state index in [1.807, 2.05) is 0 Å². The van der Waals surface area contributed by atoms with Gasteiger partial charge in [-0.05, 0) is 92.4 Å². The molecule has 0 saturated heterocycles. The van der Waals surface area contributed by atoms with Gasteiger partial charge < -0.3 is 5.32 Å². The lowest BCUT2D eigenvalue weighted by Crippen LogP contribution is -2.49. The van der Waals surface area contributed by atoms with Crippen LogP contribution in [0.5, 0.6) is 0 Å².